The van der Waals surface area contributed by atoms with Crippen LogP contribution in [0.25, 0.3) is 5.65 Å². The van der Waals surface area contributed by atoms with Gasteiger partial charge in [0.05, 0.1) is 9.21 Å². The number of thiophene rings is 1. The summed E-state index contributed by atoms with van der Waals surface area (Å²) in [5.41, 5.74) is 0.726. The maximum Gasteiger partial charge on any atom is 0.261 e. The normalized spacial score (nSPS) is 17.8. The third kappa shape index (κ3) is 2.75. The zero-order valence-electron chi connectivity index (χ0n) is 12.0. The van der Waals surface area contributed by atoms with E-state index in [0.717, 1.165) is 24.4 Å². The summed E-state index contributed by atoms with van der Waals surface area (Å²) in [7, 11) is 0. The molecule has 0 bridgehead atoms. The van der Waals surface area contributed by atoms with Crippen LogP contribution < -0.4 is 10.2 Å². The molecule has 1 atom stereocenters. The molecule has 3 aromatic heterocycles. The van der Waals surface area contributed by atoms with Crippen LogP contribution in [0.2, 0.25) is 4.34 Å². The minimum atomic E-state index is -0.0811. The Labute approximate surface area is 140 Å². The van der Waals surface area contributed by atoms with Crippen LogP contribution >= 0.6 is 22.9 Å². The van der Waals surface area contributed by atoms with Gasteiger partial charge in [0.2, 0.25) is 5.65 Å². The molecule has 3 aromatic rings. The predicted molar refractivity (Wildman–Crippen MR) is 88.2 cm³/mol. The first-order valence-electron chi connectivity index (χ1n) is 7.16. The summed E-state index contributed by atoms with van der Waals surface area (Å²) in [6, 6.07) is 3.55. The molecule has 0 aromatic carbocycles. The number of aromatic nitrogens is 4. The second-order valence-electron chi connectivity index (χ2n) is 5.32. The van der Waals surface area contributed by atoms with Gasteiger partial charge in [0.25, 0.3) is 5.91 Å². The van der Waals surface area contributed by atoms with Crippen molar-refractivity contribution >= 4 is 40.3 Å². The first-order chi connectivity index (χ1) is 11.2. The van der Waals surface area contributed by atoms with Crippen molar-refractivity contribution in [3.8, 4) is 0 Å². The van der Waals surface area contributed by atoms with E-state index in [1.807, 2.05) is 10.6 Å². The van der Waals surface area contributed by atoms with Gasteiger partial charge < -0.3 is 10.2 Å². The molecule has 0 spiro atoms. The molecule has 0 aliphatic carbocycles. The quantitative estimate of drug-likeness (QED) is 0.781. The number of nitrogens with one attached hydrogen (secondary N) is 1. The van der Waals surface area contributed by atoms with E-state index in [1.54, 1.807) is 24.7 Å². The molecule has 1 amide bonds. The summed E-state index contributed by atoms with van der Waals surface area (Å²) in [5.74, 6) is 0.711. The Morgan fingerprint density at radius 2 is 2.35 bits per heavy atom. The van der Waals surface area contributed by atoms with E-state index in [1.165, 1.54) is 11.3 Å². The van der Waals surface area contributed by atoms with E-state index in [-0.39, 0.29) is 11.9 Å². The Morgan fingerprint density at radius 3 is 3.17 bits per heavy atom. The molecule has 1 fully saturated rings. The van der Waals surface area contributed by atoms with Gasteiger partial charge in [-0.15, -0.1) is 21.5 Å². The largest absolute Gasteiger partial charge is 0.351 e. The topological polar surface area (TPSA) is 75.4 Å². The first-order valence-corrected chi connectivity index (χ1v) is 8.35. The van der Waals surface area contributed by atoms with Crippen molar-refractivity contribution < 1.29 is 4.79 Å². The Balaban J connectivity index is 1.47. The Morgan fingerprint density at radius 1 is 1.43 bits per heavy atom. The van der Waals surface area contributed by atoms with E-state index in [2.05, 4.69) is 25.4 Å². The standard InChI is InChI=1S/C14H13ClN6OS/c15-11-2-1-10(23-11)14(22)18-9-3-5-20(7-9)12-13-19-17-8-21(13)6-4-16-12/h1-2,4,6,8-9H,3,5,7H2,(H,18,22)/t9-/m1/s1. The monoisotopic (exact) mass is 348 g/mol. The number of fused-ring (bicyclic) bond motifs is 1. The van der Waals surface area contributed by atoms with Gasteiger partial charge in [-0.1, -0.05) is 11.6 Å². The average Bonchev–Trinajstić information content (AvgIpc) is 3.26. The second-order valence-corrected chi connectivity index (χ2v) is 7.04. The fraction of sp³-hybridized carbons (Fsp3) is 0.286. The van der Waals surface area contributed by atoms with Crippen LogP contribution in [-0.4, -0.2) is 44.6 Å². The van der Waals surface area contributed by atoms with Gasteiger partial charge in [-0.05, 0) is 18.6 Å². The minimum absolute atomic E-state index is 0.0772. The van der Waals surface area contributed by atoms with Crippen molar-refractivity contribution in [2.45, 2.75) is 12.5 Å². The third-order valence-corrected chi connectivity index (χ3v) is 5.05. The van der Waals surface area contributed by atoms with Crippen molar-refractivity contribution in [2.24, 2.45) is 0 Å². The fourth-order valence-electron chi connectivity index (χ4n) is 2.73. The lowest BCUT2D eigenvalue weighted by atomic mass is 10.2. The summed E-state index contributed by atoms with van der Waals surface area (Å²) in [6.45, 7) is 1.51. The number of hydrogen-bond acceptors (Lipinski definition) is 6. The predicted octanol–water partition coefficient (Wildman–Crippen LogP) is 1.85. The summed E-state index contributed by atoms with van der Waals surface area (Å²) in [6.07, 6.45) is 6.05. The summed E-state index contributed by atoms with van der Waals surface area (Å²) >= 11 is 7.16. The number of amides is 1. The van der Waals surface area contributed by atoms with E-state index >= 15 is 0 Å². The number of halogens is 1. The molecule has 118 valence electrons. The van der Waals surface area contributed by atoms with Crippen molar-refractivity contribution in [3.63, 3.8) is 0 Å². The SMILES string of the molecule is O=C(N[C@@H]1CCN(c2nccn3cnnc23)C1)c1ccc(Cl)s1. The molecule has 7 nitrogen and oxygen atoms in total. The molecule has 1 saturated heterocycles. The lowest BCUT2D eigenvalue weighted by molar-refractivity contribution is 0.0944. The van der Waals surface area contributed by atoms with E-state index in [9.17, 15) is 4.79 Å². The highest BCUT2D eigenvalue weighted by Crippen LogP contribution is 2.23. The first kappa shape index (κ1) is 14.4. The van der Waals surface area contributed by atoms with Crippen molar-refractivity contribution in [3.05, 3.63) is 40.1 Å². The summed E-state index contributed by atoms with van der Waals surface area (Å²) in [4.78, 5) is 19.4. The smallest absolute Gasteiger partial charge is 0.261 e. The minimum Gasteiger partial charge on any atom is -0.351 e. The number of hydrogen-bond donors (Lipinski definition) is 1. The molecule has 1 aliphatic heterocycles. The lowest BCUT2D eigenvalue weighted by Crippen LogP contribution is -2.37. The van der Waals surface area contributed by atoms with Crippen LogP contribution in [-0.2, 0) is 0 Å². The molecule has 0 radical (unpaired) electrons. The summed E-state index contributed by atoms with van der Waals surface area (Å²) < 4.78 is 2.45. The second kappa shape index (κ2) is 5.78. The third-order valence-electron chi connectivity index (χ3n) is 3.82. The highest BCUT2D eigenvalue weighted by atomic mass is 35.5. The van der Waals surface area contributed by atoms with Crippen LogP contribution in [0.1, 0.15) is 16.1 Å². The molecule has 23 heavy (non-hydrogen) atoms. The van der Waals surface area contributed by atoms with E-state index in [4.69, 9.17) is 11.6 Å². The van der Waals surface area contributed by atoms with Gasteiger partial charge in [-0.25, -0.2) is 4.98 Å². The van der Waals surface area contributed by atoms with Crippen molar-refractivity contribution in [2.75, 3.05) is 18.0 Å². The highest BCUT2D eigenvalue weighted by molar-refractivity contribution is 7.18. The highest BCUT2D eigenvalue weighted by Gasteiger charge is 2.27. The van der Waals surface area contributed by atoms with Crippen LogP contribution in [0.15, 0.2) is 30.9 Å². The summed E-state index contributed by atoms with van der Waals surface area (Å²) in [5, 5.41) is 11.1. The fourth-order valence-corrected chi connectivity index (χ4v) is 3.68. The average molecular weight is 349 g/mol. The molecular weight excluding hydrogens is 336 g/mol. The number of nitrogens with zero attached hydrogens (tertiary/aromatic N) is 5. The van der Waals surface area contributed by atoms with Crippen LogP contribution in [0.3, 0.4) is 0 Å². The molecule has 4 heterocycles. The number of carbonyl (C=O) groups is 1. The van der Waals surface area contributed by atoms with Gasteiger partial charge >= 0.3 is 0 Å². The molecule has 0 unspecified atom stereocenters. The number of anilines is 1. The molecular formula is C14H13ClN6OS. The lowest BCUT2D eigenvalue weighted by Gasteiger charge is -2.17. The van der Waals surface area contributed by atoms with Gasteiger partial charge in [0.1, 0.15) is 6.33 Å². The molecule has 0 saturated carbocycles. The van der Waals surface area contributed by atoms with E-state index < -0.39 is 0 Å². The van der Waals surface area contributed by atoms with Crippen LogP contribution in [0.5, 0.6) is 0 Å². The maximum absolute atomic E-state index is 12.2. The number of carbonyl (C=O) groups excluding carboxylic acids is 1. The maximum atomic E-state index is 12.2. The number of rotatable bonds is 3. The van der Waals surface area contributed by atoms with Gasteiger partial charge in [0.15, 0.2) is 5.82 Å². The molecule has 1 aliphatic rings. The van der Waals surface area contributed by atoms with E-state index in [0.29, 0.717) is 15.8 Å². The molecule has 1 N–H and O–H groups in total. The zero-order valence-corrected chi connectivity index (χ0v) is 13.6. The van der Waals surface area contributed by atoms with Crippen molar-refractivity contribution in [1.82, 2.24) is 24.9 Å². The van der Waals surface area contributed by atoms with Crippen LogP contribution in [0, 0.1) is 0 Å². The zero-order chi connectivity index (χ0) is 15.8. The molecule has 4 rings (SSSR count). The van der Waals surface area contributed by atoms with Crippen molar-refractivity contribution in [1.29, 1.82) is 0 Å². The Bertz CT molecular complexity index is 862. The van der Waals surface area contributed by atoms with Gasteiger partial charge in [-0.3, -0.25) is 9.20 Å². The Hall–Kier alpha value is -2.19. The Kier molecular flexibility index (Phi) is 3.62. The van der Waals surface area contributed by atoms with Crippen LogP contribution in [0.4, 0.5) is 5.82 Å². The molecule has 9 heteroatoms. The van der Waals surface area contributed by atoms with Gasteiger partial charge in [-0.2, -0.15) is 0 Å². The van der Waals surface area contributed by atoms with Gasteiger partial charge in [0, 0.05) is 31.5 Å².